The molecule has 3 rings (SSSR count). The molecule has 10 heteroatoms. The van der Waals surface area contributed by atoms with Gasteiger partial charge < -0.3 is 10.2 Å². The quantitative estimate of drug-likeness (QED) is 0.525. The van der Waals surface area contributed by atoms with E-state index in [1.54, 1.807) is 6.07 Å². The molecule has 0 spiro atoms. The minimum absolute atomic E-state index is 0.122. The molecule has 0 saturated carbocycles. The van der Waals surface area contributed by atoms with Crippen LogP contribution in [0.3, 0.4) is 0 Å². The minimum Gasteiger partial charge on any atom is -0.332 e. The maximum atomic E-state index is 13.4. The van der Waals surface area contributed by atoms with Crippen LogP contribution >= 0.6 is 0 Å². The van der Waals surface area contributed by atoms with Crippen molar-refractivity contribution in [2.45, 2.75) is 18.7 Å². The van der Waals surface area contributed by atoms with Gasteiger partial charge in [-0.3, -0.25) is 14.3 Å². The van der Waals surface area contributed by atoms with Gasteiger partial charge >= 0.3 is 0 Å². The summed E-state index contributed by atoms with van der Waals surface area (Å²) in [5.41, 5.74) is 2.99. The Morgan fingerprint density at radius 2 is 1.62 bits per heavy atom. The number of hydrogen-bond acceptors (Lipinski definition) is 4. The second-order valence-corrected chi connectivity index (χ2v) is 9.40. The van der Waals surface area contributed by atoms with Gasteiger partial charge in [-0.05, 0) is 73.5 Å². The van der Waals surface area contributed by atoms with Gasteiger partial charge in [-0.2, -0.15) is 0 Å². The van der Waals surface area contributed by atoms with Crippen molar-refractivity contribution in [1.82, 2.24) is 4.90 Å². The molecule has 0 aliphatic carbocycles. The maximum absolute atomic E-state index is 13.4. The van der Waals surface area contributed by atoms with E-state index < -0.39 is 32.5 Å². The maximum Gasteiger partial charge on any atom is 0.261 e. The normalized spacial score (nSPS) is 11.1. The van der Waals surface area contributed by atoms with Crippen molar-refractivity contribution >= 4 is 33.2 Å². The van der Waals surface area contributed by atoms with E-state index in [0.717, 1.165) is 23.3 Å². The number of benzene rings is 3. The van der Waals surface area contributed by atoms with Crippen molar-refractivity contribution in [2.75, 3.05) is 23.6 Å². The first-order valence-corrected chi connectivity index (χ1v) is 11.7. The molecule has 0 heterocycles. The van der Waals surface area contributed by atoms with Crippen LogP contribution in [0.15, 0.2) is 65.6 Å². The highest BCUT2D eigenvalue weighted by Crippen LogP contribution is 2.20. The van der Waals surface area contributed by atoms with Crippen LogP contribution in [0.5, 0.6) is 0 Å². The van der Waals surface area contributed by atoms with Crippen LogP contribution in [0.2, 0.25) is 0 Å². The average Bonchev–Trinajstić information content (AvgIpc) is 2.78. The lowest BCUT2D eigenvalue weighted by Crippen LogP contribution is -2.35. The largest absolute Gasteiger partial charge is 0.332 e. The second kappa shape index (κ2) is 10.0. The molecule has 34 heavy (non-hydrogen) atoms. The van der Waals surface area contributed by atoms with Gasteiger partial charge in [0.1, 0.15) is 0 Å². The van der Waals surface area contributed by atoms with Crippen molar-refractivity contribution in [3.63, 3.8) is 0 Å². The Kier molecular flexibility index (Phi) is 7.31. The molecule has 2 N–H and O–H groups in total. The number of nitrogens with zero attached hydrogens (tertiary/aromatic N) is 1. The molecular weight excluding hydrogens is 464 g/mol. The zero-order valence-corrected chi connectivity index (χ0v) is 19.5. The Hall–Kier alpha value is -3.79. The molecule has 0 saturated heterocycles. The zero-order valence-electron chi connectivity index (χ0n) is 18.7. The van der Waals surface area contributed by atoms with Gasteiger partial charge in [0.2, 0.25) is 5.91 Å². The Morgan fingerprint density at radius 3 is 2.26 bits per heavy atom. The number of rotatable bonds is 7. The van der Waals surface area contributed by atoms with E-state index in [9.17, 15) is 26.8 Å². The number of carbonyl (C=O) groups is 2. The van der Waals surface area contributed by atoms with Crippen LogP contribution in [0.4, 0.5) is 20.2 Å². The summed E-state index contributed by atoms with van der Waals surface area (Å²) in [5.74, 6) is -3.24. The fraction of sp³-hybridized carbons (Fsp3) is 0.167. The first-order valence-electron chi connectivity index (χ1n) is 10.2. The second-order valence-electron chi connectivity index (χ2n) is 7.72. The molecule has 0 unspecified atom stereocenters. The number of halogens is 2. The smallest absolute Gasteiger partial charge is 0.261 e. The molecule has 2 amide bonds. The highest BCUT2D eigenvalue weighted by molar-refractivity contribution is 7.92. The highest BCUT2D eigenvalue weighted by Gasteiger charge is 2.19. The van der Waals surface area contributed by atoms with Crippen LogP contribution in [-0.2, 0) is 14.8 Å². The lowest BCUT2D eigenvalue weighted by atomic mass is 10.1. The minimum atomic E-state index is -4.16. The topological polar surface area (TPSA) is 95.6 Å². The van der Waals surface area contributed by atoms with Crippen molar-refractivity contribution in [3.05, 3.63) is 89.0 Å². The predicted molar refractivity (Wildman–Crippen MR) is 125 cm³/mol. The van der Waals surface area contributed by atoms with Crippen LogP contribution in [-0.4, -0.2) is 38.7 Å². The predicted octanol–water partition coefficient (Wildman–Crippen LogP) is 4.09. The van der Waals surface area contributed by atoms with E-state index in [2.05, 4.69) is 10.0 Å². The average molecular weight is 488 g/mol. The lowest BCUT2D eigenvalue weighted by Gasteiger charge is -2.18. The molecule has 0 aliphatic rings. The number of sulfonamides is 1. The van der Waals surface area contributed by atoms with Crippen LogP contribution in [0, 0.1) is 25.5 Å². The number of carbonyl (C=O) groups excluding carboxylic acids is 2. The highest BCUT2D eigenvalue weighted by atomic mass is 32.2. The standard InChI is InChI=1S/C24H23F2N3O4S/c1-15-5-4-6-22(16(15)2)27-23(30)14-29(3)24(31)17-7-9-18(10-8-17)28-34(32,33)19-11-12-20(25)21(26)13-19/h4-13,28H,14H2,1-3H3,(H,27,30). The van der Waals surface area contributed by atoms with Crippen LogP contribution in [0.25, 0.3) is 0 Å². The number of amides is 2. The molecule has 178 valence electrons. The van der Waals surface area contributed by atoms with Crippen LogP contribution < -0.4 is 10.0 Å². The molecule has 0 bridgehead atoms. The van der Waals surface area contributed by atoms with E-state index in [1.807, 2.05) is 26.0 Å². The molecule has 0 atom stereocenters. The van der Waals surface area contributed by atoms with Gasteiger partial charge in [-0.15, -0.1) is 0 Å². The van der Waals surface area contributed by atoms with Gasteiger partial charge in [-0.1, -0.05) is 12.1 Å². The summed E-state index contributed by atoms with van der Waals surface area (Å²) >= 11 is 0. The summed E-state index contributed by atoms with van der Waals surface area (Å²) in [4.78, 5) is 25.8. The van der Waals surface area contributed by atoms with Crippen LogP contribution in [0.1, 0.15) is 21.5 Å². The number of likely N-dealkylation sites (N-methyl/N-ethyl adjacent to an activating group) is 1. The Bertz CT molecular complexity index is 1340. The Morgan fingerprint density at radius 1 is 0.941 bits per heavy atom. The molecule has 0 aliphatic heterocycles. The lowest BCUT2D eigenvalue weighted by molar-refractivity contribution is -0.116. The third kappa shape index (κ3) is 5.76. The van der Waals surface area contributed by atoms with Crippen molar-refractivity contribution in [1.29, 1.82) is 0 Å². The van der Waals surface area contributed by atoms with Gasteiger partial charge in [0.15, 0.2) is 11.6 Å². The van der Waals surface area contributed by atoms with Gasteiger partial charge in [0.05, 0.1) is 11.4 Å². The molecule has 0 radical (unpaired) electrons. The molecule has 3 aromatic carbocycles. The number of aryl methyl sites for hydroxylation is 1. The molecule has 0 aromatic heterocycles. The van der Waals surface area contributed by atoms with E-state index in [1.165, 1.54) is 36.2 Å². The summed E-state index contributed by atoms with van der Waals surface area (Å²) in [6, 6.07) is 13.3. The Labute approximate surface area is 196 Å². The van der Waals surface area contributed by atoms with E-state index in [4.69, 9.17) is 0 Å². The number of anilines is 2. The molecule has 3 aromatic rings. The number of nitrogens with one attached hydrogen (secondary N) is 2. The Balaban J connectivity index is 1.64. The first kappa shape index (κ1) is 24.8. The molecular formula is C24H23F2N3O4S. The summed E-state index contributed by atoms with van der Waals surface area (Å²) in [5, 5.41) is 2.79. The molecule has 7 nitrogen and oxygen atoms in total. The van der Waals surface area contributed by atoms with Gasteiger partial charge in [0, 0.05) is 24.0 Å². The third-order valence-corrected chi connectivity index (χ3v) is 6.57. The van der Waals surface area contributed by atoms with Gasteiger partial charge in [0.25, 0.3) is 15.9 Å². The zero-order chi connectivity index (χ0) is 25.0. The third-order valence-electron chi connectivity index (χ3n) is 5.19. The summed E-state index contributed by atoms with van der Waals surface area (Å²) < 4.78 is 53.5. The fourth-order valence-corrected chi connectivity index (χ4v) is 4.19. The SMILES string of the molecule is Cc1cccc(NC(=O)CN(C)C(=O)c2ccc(NS(=O)(=O)c3ccc(F)c(F)c3)cc2)c1C. The number of hydrogen-bond donors (Lipinski definition) is 2. The van der Waals surface area contributed by atoms with Crippen molar-refractivity contribution < 1.29 is 26.8 Å². The van der Waals surface area contributed by atoms with Crippen molar-refractivity contribution in [3.8, 4) is 0 Å². The summed E-state index contributed by atoms with van der Waals surface area (Å²) in [7, 11) is -2.68. The van der Waals surface area contributed by atoms with E-state index in [-0.39, 0.29) is 23.7 Å². The summed E-state index contributed by atoms with van der Waals surface area (Å²) in [6.45, 7) is 3.64. The van der Waals surface area contributed by atoms with Gasteiger partial charge in [-0.25, -0.2) is 17.2 Å². The fourth-order valence-electron chi connectivity index (χ4n) is 3.12. The van der Waals surface area contributed by atoms with E-state index in [0.29, 0.717) is 11.8 Å². The first-order chi connectivity index (χ1) is 16.0. The van der Waals surface area contributed by atoms with E-state index >= 15 is 0 Å². The molecule has 0 fully saturated rings. The summed E-state index contributed by atoms with van der Waals surface area (Å²) in [6.07, 6.45) is 0. The monoisotopic (exact) mass is 487 g/mol. The van der Waals surface area contributed by atoms with Crippen molar-refractivity contribution in [2.24, 2.45) is 0 Å².